The molecule has 0 radical (unpaired) electrons. The molecule has 1 aliphatic heterocycles. The van der Waals surface area contributed by atoms with Crippen molar-refractivity contribution in [3.63, 3.8) is 0 Å². The van der Waals surface area contributed by atoms with E-state index in [1.165, 1.54) is 0 Å². The number of aromatic amines is 1. The highest BCUT2D eigenvalue weighted by molar-refractivity contribution is 5.79. The van der Waals surface area contributed by atoms with Gasteiger partial charge in [0, 0.05) is 41.2 Å². The lowest BCUT2D eigenvalue weighted by Crippen LogP contribution is -2.40. The number of hydrogen-bond donors (Lipinski definition) is 1. The van der Waals surface area contributed by atoms with Crippen LogP contribution in [-0.2, 0) is 16.1 Å². The van der Waals surface area contributed by atoms with Gasteiger partial charge in [-0.1, -0.05) is 12.1 Å². The third-order valence-electron chi connectivity index (χ3n) is 5.91. The molecule has 1 aromatic carbocycles. The Balaban J connectivity index is 1.38. The average Bonchev–Trinajstić information content (AvgIpc) is 3.10. The van der Waals surface area contributed by atoms with Crippen LogP contribution in [0.1, 0.15) is 49.8 Å². The van der Waals surface area contributed by atoms with Crippen LogP contribution < -0.4 is 5.43 Å². The summed E-state index contributed by atoms with van der Waals surface area (Å²) in [7, 11) is 0. The van der Waals surface area contributed by atoms with Crippen LogP contribution in [0.4, 0.5) is 0 Å². The molecule has 26 heavy (non-hydrogen) atoms. The molecule has 0 atom stereocenters. The first-order valence-electron chi connectivity index (χ1n) is 9.65. The van der Waals surface area contributed by atoms with Crippen molar-refractivity contribution in [2.75, 3.05) is 6.54 Å². The molecule has 4 rings (SSSR count). The number of amides is 1. The van der Waals surface area contributed by atoms with Crippen molar-refractivity contribution in [1.82, 2.24) is 9.88 Å². The smallest absolute Gasteiger partial charge is 0.222 e. The van der Waals surface area contributed by atoms with E-state index in [4.69, 9.17) is 4.74 Å². The Morgan fingerprint density at radius 2 is 1.92 bits per heavy atom. The minimum Gasteiger partial charge on any atom is -0.372 e. The fourth-order valence-electron chi connectivity index (χ4n) is 4.31. The van der Waals surface area contributed by atoms with Crippen molar-refractivity contribution in [2.45, 2.75) is 64.2 Å². The Hall–Kier alpha value is -2.14. The number of hydrogen-bond acceptors (Lipinski definition) is 3. The molecule has 2 aliphatic rings. The van der Waals surface area contributed by atoms with E-state index in [1.807, 2.05) is 31.2 Å². The zero-order valence-electron chi connectivity index (χ0n) is 15.3. The van der Waals surface area contributed by atoms with Crippen LogP contribution in [0.2, 0.25) is 0 Å². The molecule has 1 aliphatic carbocycles. The van der Waals surface area contributed by atoms with Crippen molar-refractivity contribution in [3.05, 3.63) is 45.7 Å². The van der Waals surface area contributed by atoms with Crippen LogP contribution in [0.5, 0.6) is 0 Å². The van der Waals surface area contributed by atoms with Gasteiger partial charge in [0.25, 0.3) is 0 Å². The van der Waals surface area contributed by atoms with Gasteiger partial charge in [0.2, 0.25) is 5.91 Å². The molecule has 1 N–H and O–H groups in total. The third kappa shape index (κ3) is 3.28. The summed E-state index contributed by atoms with van der Waals surface area (Å²) in [5.74, 6) is 0.318. The fraction of sp³-hybridized carbons (Fsp3) is 0.524. The number of likely N-dealkylation sites (tertiary alicyclic amines) is 1. The highest BCUT2D eigenvalue weighted by Gasteiger charge is 2.31. The molecule has 138 valence electrons. The first-order chi connectivity index (χ1) is 12.6. The molecular weight excluding hydrogens is 328 g/mol. The summed E-state index contributed by atoms with van der Waals surface area (Å²) < 4.78 is 6.12. The van der Waals surface area contributed by atoms with Crippen molar-refractivity contribution < 1.29 is 9.53 Å². The molecule has 1 saturated heterocycles. The molecule has 1 aromatic heterocycles. The number of nitrogens with one attached hydrogen (secondary N) is 1. The second-order valence-electron chi connectivity index (χ2n) is 7.54. The van der Waals surface area contributed by atoms with E-state index in [2.05, 4.69) is 9.88 Å². The summed E-state index contributed by atoms with van der Waals surface area (Å²) in [6.45, 7) is 3.22. The second kappa shape index (κ2) is 7.23. The summed E-state index contributed by atoms with van der Waals surface area (Å²) in [5, 5.41) is 0.726. The number of H-pyrrole nitrogens is 1. The number of aromatic nitrogens is 1. The van der Waals surface area contributed by atoms with E-state index in [-0.39, 0.29) is 11.5 Å². The maximum atomic E-state index is 12.5. The minimum absolute atomic E-state index is 0.0780. The number of ether oxygens (including phenoxy) is 1. The number of rotatable bonds is 4. The number of pyridine rings is 1. The topological polar surface area (TPSA) is 62.4 Å². The Morgan fingerprint density at radius 1 is 1.15 bits per heavy atom. The highest BCUT2D eigenvalue weighted by Crippen LogP contribution is 2.28. The monoisotopic (exact) mass is 354 g/mol. The van der Waals surface area contributed by atoms with Gasteiger partial charge in [-0.15, -0.1) is 0 Å². The molecule has 1 amide bonds. The van der Waals surface area contributed by atoms with Crippen LogP contribution in [-0.4, -0.2) is 34.5 Å². The number of para-hydroxylation sites is 1. The van der Waals surface area contributed by atoms with E-state index in [0.29, 0.717) is 25.0 Å². The molecular formula is C21H26N2O3. The van der Waals surface area contributed by atoms with E-state index in [0.717, 1.165) is 60.8 Å². The maximum absolute atomic E-state index is 12.5. The molecule has 5 heteroatoms. The Kier molecular flexibility index (Phi) is 4.81. The first kappa shape index (κ1) is 17.3. The maximum Gasteiger partial charge on any atom is 0.222 e. The zero-order chi connectivity index (χ0) is 18.1. The summed E-state index contributed by atoms with van der Waals surface area (Å²) in [6.07, 6.45) is 5.91. The number of benzene rings is 1. The number of carbonyl (C=O) groups is 1. The lowest BCUT2D eigenvalue weighted by molar-refractivity contribution is -0.131. The summed E-state index contributed by atoms with van der Waals surface area (Å²) in [5.41, 5.74) is 2.54. The quantitative estimate of drug-likeness (QED) is 0.916. The predicted octanol–water partition coefficient (Wildman–Crippen LogP) is 3.29. The predicted molar refractivity (Wildman–Crippen MR) is 101 cm³/mol. The Labute approximate surface area is 153 Å². The molecule has 5 nitrogen and oxygen atoms in total. The lowest BCUT2D eigenvalue weighted by Gasteiger charge is -2.34. The van der Waals surface area contributed by atoms with Gasteiger partial charge < -0.3 is 14.6 Å². The third-order valence-corrected chi connectivity index (χ3v) is 5.91. The normalized spacial score (nSPS) is 23.7. The SMILES string of the molecule is Cc1c(COC2CCC(N3CCCC3=O)CC2)[nH]c2ccccc2c1=O. The molecule has 2 fully saturated rings. The number of nitrogens with zero attached hydrogens (tertiary/aromatic N) is 1. The minimum atomic E-state index is 0.0780. The van der Waals surface area contributed by atoms with Gasteiger partial charge in [-0.3, -0.25) is 9.59 Å². The van der Waals surface area contributed by atoms with Crippen molar-refractivity contribution in [2.24, 2.45) is 0 Å². The average molecular weight is 354 g/mol. The van der Waals surface area contributed by atoms with E-state index < -0.39 is 0 Å². The van der Waals surface area contributed by atoms with Crippen molar-refractivity contribution >= 4 is 16.8 Å². The van der Waals surface area contributed by atoms with Crippen LogP contribution in [0.3, 0.4) is 0 Å². The van der Waals surface area contributed by atoms with Crippen molar-refractivity contribution in [1.29, 1.82) is 0 Å². The van der Waals surface area contributed by atoms with Gasteiger partial charge in [0.1, 0.15) is 0 Å². The second-order valence-corrected chi connectivity index (χ2v) is 7.54. The zero-order valence-corrected chi connectivity index (χ0v) is 15.3. The Bertz CT molecular complexity index is 865. The summed E-state index contributed by atoms with van der Waals surface area (Å²) in [6, 6.07) is 7.99. The standard InChI is InChI=1S/C21H26N2O3/c1-14-19(22-18-6-3-2-5-17(18)21(14)25)13-26-16-10-8-15(9-11-16)23-12-4-7-20(23)24/h2-3,5-6,15-16H,4,7-13H2,1H3,(H,22,25). The Morgan fingerprint density at radius 3 is 2.65 bits per heavy atom. The van der Waals surface area contributed by atoms with Crippen LogP contribution in [0.25, 0.3) is 10.9 Å². The van der Waals surface area contributed by atoms with E-state index in [9.17, 15) is 9.59 Å². The lowest BCUT2D eigenvalue weighted by atomic mass is 9.92. The van der Waals surface area contributed by atoms with Gasteiger partial charge in [-0.25, -0.2) is 0 Å². The summed E-state index contributed by atoms with van der Waals surface area (Å²) >= 11 is 0. The van der Waals surface area contributed by atoms with Crippen LogP contribution in [0, 0.1) is 6.92 Å². The summed E-state index contributed by atoms with van der Waals surface area (Å²) in [4.78, 5) is 29.8. The van der Waals surface area contributed by atoms with Crippen molar-refractivity contribution in [3.8, 4) is 0 Å². The molecule has 0 bridgehead atoms. The van der Waals surface area contributed by atoms with Crippen LogP contribution in [0.15, 0.2) is 29.1 Å². The molecule has 2 heterocycles. The molecule has 0 spiro atoms. The van der Waals surface area contributed by atoms with Gasteiger partial charge in [0.05, 0.1) is 12.7 Å². The largest absolute Gasteiger partial charge is 0.372 e. The highest BCUT2D eigenvalue weighted by atomic mass is 16.5. The molecule has 2 aromatic rings. The first-order valence-corrected chi connectivity index (χ1v) is 9.65. The van der Waals surface area contributed by atoms with Crippen LogP contribution >= 0.6 is 0 Å². The van der Waals surface area contributed by atoms with Gasteiger partial charge in [-0.05, 0) is 51.2 Å². The fourth-order valence-corrected chi connectivity index (χ4v) is 4.31. The van der Waals surface area contributed by atoms with Gasteiger partial charge in [0.15, 0.2) is 5.43 Å². The number of carbonyl (C=O) groups excluding carboxylic acids is 1. The molecule has 1 saturated carbocycles. The van der Waals surface area contributed by atoms with Gasteiger partial charge >= 0.3 is 0 Å². The number of fused-ring (bicyclic) bond motifs is 1. The van der Waals surface area contributed by atoms with E-state index >= 15 is 0 Å². The van der Waals surface area contributed by atoms with Gasteiger partial charge in [-0.2, -0.15) is 0 Å². The molecule has 0 unspecified atom stereocenters. The van der Waals surface area contributed by atoms with E-state index in [1.54, 1.807) is 0 Å².